The fraction of sp³-hybridized carbons (Fsp3) is 0.440. The first-order valence-corrected chi connectivity index (χ1v) is 11.2. The van der Waals surface area contributed by atoms with Gasteiger partial charge in [-0.1, -0.05) is 23.7 Å². The highest BCUT2D eigenvalue weighted by molar-refractivity contribution is 6.30. The van der Waals surface area contributed by atoms with Gasteiger partial charge in [-0.05, 0) is 93.8 Å². The van der Waals surface area contributed by atoms with Crippen molar-refractivity contribution in [2.45, 2.75) is 52.6 Å². The van der Waals surface area contributed by atoms with E-state index < -0.39 is 11.6 Å². The molecule has 0 spiro atoms. The van der Waals surface area contributed by atoms with E-state index in [4.69, 9.17) is 21.1 Å². The zero-order valence-corrected chi connectivity index (χ0v) is 19.7. The molecule has 1 amide bonds. The van der Waals surface area contributed by atoms with Gasteiger partial charge < -0.3 is 19.5 Å². The lowest BCUT2D eigenvalue weighted by molar-refractivity contribution is -0.152. The second-order valence-corrected chi connectivity index (χ2v) is 9.37. The number of carboxylic acids is 1. The van der Waals surface area contributed by atoms with Crippen molar-refractivity contribution < 1.29 is 24.2 Å². The first-order chi connectivity index (χ1) is 15.0. The van der Waals surface area contributed by atoms with Crippen LogP contribution in [-0.2, 0) is 11.2 Å². The third-order valence-electron chi connectivity index (χ3n) is 5.80. The van der Waals surface area contributed by atoms with E-state index in [9.17, 15) is 14.7 Å². The van der Waals surface area contributed by atoms with Crippen LogP contribution in [0.25, 0.3) is 0 Å². The summed E-state index contributed by atoms with van der Waals surface area (Å²) in [5.74, 6) is 0.524. The molecule has 0 aliphatic carbocycles. The van der Waals surface area contributed by atoms with Crippen LogP contribution >= 0.6 is 11.6 Å². The summed E-state index contributed by atoms with van der Waals surface area (Å²) < 4.78 is 11.2. The minimum atomic E-state index is -1.29. The Hall–Kier alpha value is -2.73. The summed E-state index contributed by atoms with van der Waals surface area (Å²) in [7, 11) is 0. The van der Waals surface area contributed by atoms with Crippen LogP contribution in [0, 0.1) is 19.8 Å². The van der Waals surface area contributed by atoms with Crippen molar-refractivity contribution in [3.05, 3.63) is 58.1 Å². The summed E-state index contributed by atoms with van der Waals surface area (Å²) in [5, 5.41) is 9.93. The van der Waals surface area contributed by atoms with Crippen molar-refractivity contribution >= 4 is 23.7 Å². The largest absolute Gasteiger partial charge is 0.478 e. The van der Waals surface area contributed by atoms with Crippen LogP contribution in [0.3, 0.4) is 0 Å². The number of ether oxygens (including phenoxy) is 2. The van der Waals surface area contributed by atoms with Crippen LogP contribution in [0.2, 0.25) is 5.02 Å². The predicted octanol–water partition coefficient (Wildman–Crippen LogP) is 5.65. The van der Waals surface area contributed by atoms with Gasteiger partial charge >= 0.3 is 12.1 Å². The first-order valence-electron chi connectivity index (χ1n) is 10.8. The standard InChI is InChI=1S/C25H30ClNO5/c1-16-13-19(14-17(2)22(16)32-25(3,4)23(28)29)6-5-18-11-12-27(15-18)24(30)31-21-9-7-20(26)8-10-21/h7-10,13-14,18H,5-6,11-12,15H2,1-4H3,(H,28,29). The average molecular weight is 460 g/mol. The van der Waals surface area contributed by atoms with Gasteiger partial charge in [0.05, 0.1) is 0 Å². The number of rotatable bonds is 7. The van der Waals surface area contributed by atoms with Crippen LogP contribution in [0.5, 0.6) is 11.5 Å². The highest BCUT2D eigenvalue weighted by Crippen LogP contribution is 2.30. The van der Waals surface area contributed by atoms with Gasteiger partial charge in [-0.15, -0.1) is 0 Å². The highest BCUT2D eigenvalue weighted by atomic mass is 35.5. The van der Waals surface area contributed by atoms with E-state index in [2.05, 4.69) is 12.1 Å². The van der Waals surface area contributed by atoms with E-state index in [-0.39, 0.29) is 6.09 Å². The maximum atomic E-state index is 12.4. The van der Waals surface area contributed by atoms with Gasteiger partial charge in [0.1, 0.15) is 11.5 Å². The number of nitrogens with zero attached hydrogens (tertiary/aromatic N) is 1. The Labute approximate surface area is 194 Å². The summed E-state index contributed by atoms with van der Waals surface area (Å²) in [4.78, 5) is 25.6. The summed E-state index contributed by atoms with van der Waals surface area (Å²) in [5.41, 5.74) is 1.75. The fourth-order valence-electron chi connectivity index (χ4n) is 3.92. The molecule has 172 valence electrons. The van der Waals surface area contributed by atoms with Gasteiger partial charge in [0.15, 0.2) is 5.60 Å². The lowest BCUT2D eigenvalue weighted by atomic mass is 9.96. The quantitative estimate of drug-likeness (QED) is 0.578. The van der Waals surface area contributed by atoms with Crippen LogP contribution in [0.1, 0.15) is 43.4 Å². The highest BCUT2D eigenvalue weighted by Gasteiger charge is 2.31. The topological polar surface area (TPSA) is 76.1 Å². The van der Waals surface area contributed by atoms with Crippen LogP contribution in [0.15, 0.2) is 36.4 Å². The molecule has 1 heterocycles. The number of aliphatic carboxylic acids is 1. The lowest BCUT2D eigenvalue weighted by Gasteiger charge is -2.24. The molecular formula is C25H30ClNO5. The summed E-state index contributed by atoms with van der Waals surface area (Å²) in [6, 6.07) is 10.9. The molecule has 6 nitrogen and oxygen atoms in total. The molecule has 1 N–H and O–H groups in total. The van der Waals surface area contributed by atoms with Gasteiger partial charge in [-0.25, -0.2) is 9.59 Å². The first kappa shape index (κ1) is 23.9. The van der Waals surface area contributed by atoms with Crippen LogP contribution in [-0.4, -0.2) is 40.8 Å². The average Bonchev–Trinajstić information content (AvgIpc) is 3.20. The Morgan fingerprint density at radius 1 is 1.16 bits per heavy atom. The predicted molar refractivity (Wildman–Crippen MR) is 124 cm³/mol. The number of hydrogen-bond acceptors (Lipinski definition) is 4. The molecule has 0 saturated carbocycles. The molecule has 0 bridgehead atoms. The number of benzene rings is 2. The van der Waals surface area contributed by atoms with Crippen molar-refractivity contribution in [1.29, 1.82) is 0 Å². The van der Waals surface area contributed by atoms with Crippen molar-refractivity contribution in [2.75, 3.05) is 13.1 Å². The molecule has 1 atom stereocenters. The molecule has 2 aromatic carbocycles. The Bertz CT molecular complexity index is 963. The number of aryl methyl sites for hydroxylation is 3. The number of hydrogen-bond donors (Lipinski definition) is 1. The van der Waals surface area contributed by atoms with Crippen molar-refractivity contribution in [3.63, 3.8) is 0 Å². The summed E-state index contributed by atoms with van der Waals surface area (Å²) >= 11 is 5.87. The Balaban J connectivity index is 1.54. The summed E-state index contributed by atoms with van der Waals surface area (Å²) in [6.45, 7) is 8.34. The Kier molecular flexibility index (Phi) is 7.34. The monoisotopic (exact) mass is 459 g/mol. The van der Waals surface area contributed by atoms with E-state index in [0.29, 0.717) is 35.5 Å². The Morgan fingerprint density at radius 3 is 2.38 bits per heavy atom. The fourth-order valence-corrected chi connectivity index (χ4v) is 4.04. The van der Waals surface area contributed by atoms with Gasteiger partial charge in [0, 0.05) is 18.1 Å². The van der Waals surface area contributed by atoms with E-state index >= 15 is 0 Å². The molecule has 7 heteroatoms. The number of carboxylic acid groups (broad SMARTS) is 1. The number of carbonyl (C=O) groups is 2. The third-order valence-corrected chi connectivity index (χ3v) is 6.05. The second kappa shape index (κ2) is 9.82. The molecule has 3 rings (SSSR count). The third kappa shape index (κ3) is 5.94. The zero-order chi connectivity index (χ0) is 23.5. The second-order valence-electron chi connectivity index (χ2n) is 8.94. The van der Waals surface area contributed by atoms with Gasteiger partial charge in [-0.3, -0.25) is 0 Å². The molecular weight excluding hydrogens is 430 g/mol. The number of carbonyl (C=O) groups excluding carboxylic acids is 1. The van der Waals surface area contributed by atoms with Crippen molar-refractivity contribution in [1.82, 2.24) is 4.90 Å². The molecule has 2 aromatic rings. The number of halogens is 1. The maximum absolute atomic E-state index is 12.4. The van der Waals surface area contributed by atoms with E-state index in [1.54, 1.807) is 43.0 Å². The minimum Gasteiger partial charge on any atom is -0.478 e. The molecule has 1 fully saturated rings. The molecule has 0 aromatic heterocycles. The van der Waals surface area contributed by atoms with Crippen LogP contribution < -0.4 is 9.47 Å². The maximum Gasteiger partial charge on any atom is 0.415 e. The minimum absolute atomic E-state index is 0.330. The molecule has 0 radical (unpaired) electrons. The molecule has 32 heavy (non-hydrogen) atoms. The van der Waals surface area contributed by atoms with E-state index in [0.717, 1.165) is 30.4 Å². The van der Waals surface area contributed by atoms with Crippen LogP contribution in [0.4, 0.5) is 4.79 Å². The van der Waals surface area contributed by atoms with Gasteiger partial charge in [-0.2, -0.15) is 0 Å². The molecule has 1 saturated heterocycles. The molecule has 1 aliphatic rings. The molecule has 1 unspecified atom stereocenters. The lowest BCUT2D eigenvalue weighted by Crippen LogP contribution is -2.38. The van der Waals surface area contributed by atoms with Gasteiger partial charge in [0.25, 0.3) is 0 Å². The smallest absolute Gasteiger partial charge is 0.415 e. The van der Waals surface area contributed by atoms with Gasteiger partial charge in [0.2, 0.25) is 0 Å². The summed E-state index contributed by atoms with van der Waals surface area (Å²) in [6.07, 6.45) is 2.46. The SMILES string of the molecule is Cc1cc(CCC2CCN(C(=O)Oc3ccc(Cl)cc3)C2)cc(C)c1OC(C)(C)C(=O)O. The molecule has 1 aliphatic heterocycles. The normalized spacial score (nSPS) is 16.2. The Morgan fingerprint density at radius 2 is 1.78 bits per heavy atom. The van der Waals surface area contributed by atoms with Crippen molar-refractivity contribution in [2.24, 2.45) is 5.92 Å². The number of amides is 1. The van der Waals surface area contributed by atoms with E-state index in [1.807, 2.05) is 13.8 Å². The number of likely N-dealkylation sites (tertiary alicyclic amines) is 1. The van der Waals surface area contributed by atoms with Crippen molar-refractivity contribution in [3.8, 4) is 11.5 Å². The van der Waals surface area contributed by atoms with E-state index in [1.165, 1.54) is 5.56 Å². The zero-order valence-electron chi connectivity index (χ0n) is 19.0.